The third-order valence-electron chi connectivity index (χ3n) is 2.91. The van der Waals surface area contributed by atoms with Crippen molar-refractivity contribution in [2.24, 2.45) is 5.14 Å². The number of methoxy groups -OCH3 is 1. The molecule has 24 heavy (non-hydrogen) atoms. The standard InChI is InChI=1S/C14H15N3O6S/c1-22-10-5-4-9(7-12(10)24(15,20)21)17-13(18)8-16-14(19)11-3-2-6-23-11/h2-7H,8H2,1H3,(H,16,19)(H,17,18)(H2,15,20,21). The van der Waals surface area contributed by atoms with E-state index in [2.05, 4.69) is 10.6 Å². The van der Waals surface area contributed by atoms with Gasteiger partial charge in [-0.25, -0.2) is 13.6 Å². The van der Waals surface area contributed by atoms with Gasteiger partial charge in [0.2, 0.25) is 15.9 Å². The molecule has 4 N–H and O–H groups in total. The van der Waals surface area contributed by atoms with Gasteiger partial charge in [-0.15, -0.1) is 0 Å². The smallest absolute Gasteiger partial charge is 0.287 e. The Morgan fingerprint density at radius 2 is 2.04 bits per heavy atom. The first-order valence-corrected chi connectivity index (χ1v) is 8.18. The molecule has 0 radical (unpaired) electrons. The van der Waals surface area contributed by atoms with Crippen molar-refractivity contribution in [2.75, 3.05) is 19.0 Å². The Morgan fingerprint density at radius 1 is 1.29 bits per heavy atom. The van der Waals surface area contributed by atoms with Crippen molar-refractivity contribution in [2.45, 2.75) is 4.90 Å². The maximum absolute atomic E-state index is 11.8. The quantitative estimate of drug-likeness (QED) is 0.682. The van der Waals surface area contributed by atoms with Crippen LogP contribution in [0.25, 0.3) is 0 Å². The summed E-state index contributed by atoms with van der Waals surface area (Å²) in [4.78, 5) is 23.2. The minimum absolute atomic E-state index is 0.0571. The minimum Gasteiger partial charge on any atom is -0.495 e. The van der Waals surface area contributed by atoms with E-state index in [0.29, 0.717) is 0 Å². The van der Waals surface area contributed by atoms with Gasteiger partial charge in [-0.3, -0.25) is 9.59 Å². The minimum atomic E-state index is -4.02. The van der Waals surface area contributed by atoms with E-state index < -0.39 is 21.8 Å². The Morgan fingerprint density at radius 3 is 2.62 bits per heavy atom. The predicted octanol–water partition coefficient (Wildman–Crippen LogP) is 0.304. The molecule has 2 rings (SSSR count). The van der Waals surface area contributed by atoms with Crippen LogP contribution in [-0.2, 0) is 14.8 Å². The number of ether oxygens (including phenoxy) is 1. The molecule has 10 heteroatoms. The van der Waals surface area contributed by atoms with Crippen LogP contribution in [0.3, 0.4) is 0 Å². The van der Waals surface area contributed by atoms with Crippen molar-refractivity contribution in [3.05, 3.63) is 42.4 Å². The van der Waals surface area contributed by atoms with Gasteiger partial charge in [0.05, 0.1) is 19.9 Å². The highest BCUT2D eigenvalue weighted by atomic mass is 32.2. The van der Waals surface area contributed by atoms with Gasteiger partial charge in [-0.1, -0.05) is 0 Å². The third-order valence-corrected chi connectivity index (χ3v) is 3.84. The number of sulfonamides is 1. The Balaban J connectivity index is 2.03. The average Bonchev–Trinajstić information content (AvgIpc) is 3.06. The summed E-state index contributed by atoms with van der Waals surface area (Å²) in [6.45, 7) is -0.323. The second-order valence-electron chi connectivity index (χ2n) is 4.62. The van der Waals surface area contributed by atoms with E-state index in [4.69, 9.17) is 14.3 Å². The van der Waals surface area contributed by atoms with Gasteiger partial charge in [0, 0.05) is 5.69 Å². The maximum atomic E-state index is 11.8. The number of nitrogens with one attached hydrogen (secondary N) is 2. The number of hydrogen-bond acceptors (Lipinski definition) is 6. The van der Waals surface area contributed by atoms with E-state index >= 15 is 0 Å². The molecule has 0 aliphatic rings. The zero-order valence-electron chi connectivity index (χ0n) is 12.6. The van der Waals surface area contributed by atoms with Crippen molar-refractivity contribution in [3.8, 4) is 5.75 Å². The van der Waals surface area contributed by atoms with Crippen molar-refractivity contribution in [3.63, 3.8) is 0 Å². The van der Waals surface area contributed by atoms with Crippen molar-refractivity contribution in [1.29, 1.82) is 0 Å². The monoisotopic (exact) mass is 353 g/mol. The summed E-state index contributed by atoms with van der Waals surface area (Å²) < 4.78 is 32.8. The molecule has 1 aromatic heterocycles. The molecule has 0 aliphatic carbocycles. The number of nitrogens with two attached hydrogens (primary N) is 1. The molecule has 1 aromatic carbocycles. The molecule has 9 nitrogen and oxygen atoms in total. The molecule has 0 fully saturated rings. The van der Waals surface area contributed by atoms with E-state index in [9.17, 15) is 18.0 Å². The van der Waals surface area contributed by atoms with E-state index in [1.54, 1.807) is 6.07 Å². The lowest BCUT2D eigenvalue weighted by molar-refractivity contribution is -0.115. The fourth-order valence-corrected chi connectivity index (χ4v) is 2.56. The topological polar surface area (TPSA) is 141 Å². The number of hydrogen-bond donors (Lipinski definition) is 3. The Kier molecular flexibility index (Phi) is 5.21. The number of carbonyl (C=O) groups is 2. The summed E-state index contributed by atoms with van der Waals surface area (Å²) >= 11 is 0. The van der Waals surface area contributed by atoms with Crippen LogP contribution < -0.4 is 20.5 Å². The number of carbonyl (C=O) groups excluding carboxylic acids is 2. The Hall–Kier alpha value is -2.85. The summed E-state index contributed by atoms with van der Waals surface area (Å²) in [5.74, 6) is -0.971. The summed E-state index contributed by atoms with van der Waals surface area (Å²) in [7, 11) is -2.72. The molecular formula is C14H15N3O6S. The molecule has 0 atom stereocenters. The number of furan rings is 1. The lowest BCUT2D eigenvalue weighted by Crippen LogP contribution is -2.32. The van der Waals surface area contributed by atoms with Crippen LogP contribution in [0.1, 0.15) is 10.6 Å². The molecule has 2 aromatic rings. The second-order valence-corrected chi connectivity index (χ2v) is 6.15. The van der Waals surface area contributed by atoms with Crippen molar-refractivity contribution < 1.29 is 27.2 Å². The van der Waals surface area contributed by atoms with Crippen LogP contribution >= 0.6 is 0 Å². The van der Waals surface area contributed by atoms with Crippen LogP contribution in [0.15, 0.2) is 45.9 Å². The fourth-order valence-electron chi connectivity index (χ4n) is 1.84. The van der Waals surface area contributed by atoms with E-state index in [0.717, 1.165) is 0 Å². The molecule has 1 heterocycles. The van der Waals surface area contributed by atoms with Crippen LogP contribution in [0, 0.1) is 0 Å². The number of amides is 2. The lowest BCUT2D eigenvalue weighted by atomic mass is 10.3. The van der Waals surface area contributed by atoms with Crippen molar-refractivity contribution >= 4 is 27.5 Å². The van der Waals surface area contributed by atoms with Crippen LogP contribution in [-0.4, -0.2) is 33.9 Å². The predicted molar refractivity (Wildman–Crippen MR) is 84.0 cm³/mol. The van der Waals surface area contributed by atoms with E-state index in [1.807, 2.05) is 0 Å². The molecule has 0 spiro atoms. The lowest BCUT2D eigenvalue weighted by Gasteiger charge is -2.10. The highest BCUT2D eigenvalue weighted by molar-refractivity contribution is 7.89. The number of primary sulfonamides is 1. The van der Waals surface area contributed by atoms with Gasteiger partial charge in [-0.2, -0.15) is 0 Å². The highest BCUT2D eigenvalue weighted by Crippen LogP contribution is 2.25. The molecule has 0 unspecified atom stereocenters. The molecule has 0 bridgehead atoms. The SMILES string of the molecule is COc1ccc(NC(=O)CNC(=O)c2ccco2)cc1S(N)(=O)=O. The highest BCUT2D eigenvalue weighted by Gasteiger charge is 2.17. The van der Waals surface area contributed by atoms with Crippen molar-refractivity contribution in [1.82, 2.24) is 5.32 Å². The first kappa shape index (κ1) is 17.5. The maximum Gasteiger partial charge on any atom is 0.287 e. The van der Waals surface area contributed by atoms with Gasteiger partial charge in [-0.05, 0) is 30.3 Å². The summed E-state index contributed by atoms with van der Waals surface area (Å²) in [6, 6.07) is 6.97. The largest absolute Gasteiger partial charge is 0.495 e. The van der Waals surface area contributed by atoms with Crippen LogP contribution in [0.5, 0.6) is 5.75 Å². The van der Waals surface area contributed by atoms with E-state index in [1.165, 1.54) is 37.6 Å². The van der Waals surface area contributed by atoms with Gasteiger partial charge in [0.25, 0.3) is 5.91 Å². The van der Waals surface area contributed by atoms with Gasteiger partial charge in [0.1, 0.15) is 10.6 Å². The van der Waals surface area contributed by atoms with Gasteiger partial charge < -0.3 is 19.8 Å². The third kappa shape index (κ3) is 4.33. The average molecular weight is 353 g/mol. The zero-order valence-corrected chi connectivity index (χ0v) is 13.4. The summed E-state index contributed by atoms with van der Waals surface area (Å²) in [5.41, 5.74) is 0.192. The molecular weight excluding hydrogens is 338 g/mol. The molecule has 0 saturated carbocycles. The first-order chi connectivity index (χ1) is 11.3. The molecule has 0 saturated heterocycles. The number of rotatable bonds is 6. The van der Waals surface area contributed by atoms with Gasteiger partial charge >= 0.3 is 0 Å². The first-order valence-electron chi connectivity index (χ1n) is 6.63. The molecule has 2 amide bonds. The van der Waals surface area contributed by atoms with Crippen LogP contribution in [0.4, 0.5) is 5.69 Å². The Labute approximate surface area is 137 Å². The summed E-state index contributed by atoms with van der Waals surface area (Å²) in [5, 5.41) is 9.90. The fraction of sp³-hybridized carbons (Fsp3) is 0.143. The van der Waals surface area contributed by atoms with Gasteiger partial charge in [0.15, 0.2) is 5.76 Å². The Bertz CT molecular complexity index is 845. The van der Waals surface area contributed by atoms with Crippen LogP contribution in [0.2, 0.25) is 0 Å². The number of benzene rings is 1. The second kappa shape index (κ2) is 7.15. The zero-order chi connectivity index (χ0) is 17.7. The molecule has 128 valence electrons. The molecule has 0 aliphatic heterocycles. The normalized spacial score (nSPS) is 10.9. The number of anilines is 1. The van der Waals surface area contributed by atoms with E-state index in [-0.39, 0.29) is 28.6 Å². The summed E-state index contributed by atoms with van der Waals surface area (Å²) in [6.07, 6.45) is 1.33.